The zero-order chi connectivity index (χ0) is 18.4. The summed E-state index contributed by atoms with van der Waals surface area (Å²) in [5.41, 5.74) is 1.33. The van der Waals surface area contributed by atoms with Crippen molar-refractivity contribution in [2.24, 2.45) is 5.92 Å². The molecule has 5 nitrogen and oxygen atoms in total. The second-order valence-corrected chi connectivity index (χ2v) is 8.23. The Morgan fingerprint density at radius 3 is 2.85 bits per heavy atom. The van der Waals surface area contributed by atoms with Crippen LogP contribution in [0.3, 0.4) is 0 Å². The number of hydrogen-bond acceptors (Lipinski definition) is 6. The molecular formula is C20H31N3O2S. The molecule has 0 amide bonds. The maximum Gasteiger partial charge on any atom is 0.323 e. The van der Waals surface area contributed by atoms with E-state index in [2.05, 4.69) is 27.9 Å². The summed E-state index contributed by atoms with van der Waals surface area (Å²) in [5, 5.41) is 3.16. The van der Waals surface area contributed by atoms with Crippen molar-refractivity contribution < 1.29 is 9.53 Å². The standard InChI is InChI=1S/C20H31N3O2S/c1-3-25-20(24)18(16-7-12-22(2)13-8-16)23-11-5-4-6-17(9-14-23)19-21-10-15-26-19/h6,10,15-16,18H,3-5,7-9,11-14H2,1-2H3/b17-6+. The largest absolute Gasteiger partial charge is 0.465 e. The van der Waals surface area contributed by atoms with E-state index in [1.165, 1.54) is 5.57 Å². The maximum absolute atomic E-state index is 12.8. The van der Waals surface area contributed by atoms with Crippen LogP contribution in [0.15, 0.2) is 17.7 Å². The summed E-state index contributed by atoms with van der Waals surface area (Å²) >= 11 is 1.70. The zero-order valence-corrected chi connectivity index (χ0v) is 16.8. The highest BCUT2D eigenvalue weighted by Crippen LogP contribution is 2.29. The lowest BCUT2D eigenvalue weighted by molar-refractivity contribution is -0.152. The summed E-state index contributed by atoms with van der Waals surface area (Å²) in [6.07, 6.45) is 9.45. The van der Waals surface area contributed by atoms with E-state index in [-0.39, 0.29) is 12.0 Å². The van der Waals surface area contributed by atoms with Gasteiger partial charge in [-0.25, -0.2) is 4.98 Å². The van der Waals surface area contributed by atoms with Gasteiger partial charge in [0.25, 0.3) is 0 Å². The predicted octanol–water partition coefficient (Wildman–Crippen LogP) is 3.29. The summed E-state index contributed by atoms with van der Waals surface area (Å²) in [6, 6.07) is -0.0979. The van der Waals surface area contributed by atoms with E-state index in [4.69, 9.17) is 4.74 Å². The number of thiazole rings is 1. The number of rotatable bonds is 5. The van der Waals surface area contributed by atoms with E-state index in [0.29, 0.717) is 12.5 Å². The first kappa shape index (κ1) is 19.5. The molecule has 3 rings (SSSR count). The summed E-state index contributed by atoms with van der Waals surface area (Å²) in [4.78, 5) is 22.1. The van der Waals surface area contributed by atoms with E-state index in [1.807, 2.05) is 18.5 Å². The number of piperidine rings is 1. The van der Waals surface area contributed by atoms with Crippen LogP contribution < -0.4 is 0 Å². The third-order valence-corrected chi connectivity index (χ3v) is 6.40. The van der Waals surface area contributed by atoms with Gasteiger partial charge in [0.2, 0.25) is 0 Å². The normalized spacial score (nSPS) is 24.3. The second-order valence-electron chi connectivity index (χ2n) is 7.33. The molecule has 26 heavy (non-hydrogen) atoms. The summed E-state index contributed by atoms with van der Waals surface area (Å²) in [5.74, 6) is 0.374. The topological polar surface area (TPSA) is 45.7 Å². The van der Waals surface area contributed by atoms with Crippen LogP contribution >= 0.6 is 11.3 Å². The molecule has 0 spiro atoms. The first-order valence-corrected chi connectivity index (χ1v) is 10.7. The van der Waals surface area contributed by atoms with E-state index < -0.39 is 0 Å². The van der Waals surface area contributed by atoms with Gasteiger partial charge in [-0.1, -0.05) is 6.08 Å². The quantitative estimate of drug-likeness (QED) is 0.737. The van der Waals surface area contributed by atoms with E-state index >= 15 is 0 Å². The molecule has 0 saturated carbocycles. The van der Waals surface area contributed by atoms with Crippen molar-refractivity contribution in [1.82, 2.24) is 14.8 Å². The molecule has 0 N–H and O–H groups in total. The number of carbonyl (C=O) groups excluding carboxylic acids is 1. The highest BCUT2D eigenvalue weighted by atomic mass is 32.1. The summed E-state index contributed by atoms with van der Waals surface area (Å²) < 4.78 is 5.49. The molecule has 0 radical (unpaired) electrons. The Hall–Kier alpha value is -1.24. The Balaban J connectivity index is 1.72. The van der Waals surface area contributed by atoms with Crippen molar-refractivity contribution in [2.45, 2.75) is 45.1 Å². The molecule has 1 aromatic heterocycles. The van der Waals surface area contributed by atoms with Gasteiger partial charge in [-0.15, -0.1) is 11.3 Å². The summed E-state index contributed by atoms with van der Waals surface area (Å²) in [6.45, 7) is 6.37. The minimum Gasteiger partial charge on any atom is -0.465 e. The SMILES string of the molecule is CCOC(=O)C(C1CCN(C)CC1)N1CCC/C=C(/c2nccs2)CC1. The molecule has 1 fully saturated rings. The maximum atomic E-state index is 12.8. The highest BCUT2D eigenvalue weighted by Gasteiger charge is 2.36. The van der Waals surface area contributed by atoms with Gasteiger partial charge < -0.3 is 9.64 Å². The first-order valence-electron chi connectivity index (χ1n) is 9.87. The van der Waals surface area contributed by atoms with Crippen molar-refractivity contribution in [3.8, 4) is 0 Å². The lowest BCUT2D eigenvalue weighted by Gasteiger charge is -2.39. The fraction of sp³-hybridized carbons (Fsp3) is 0.700. The Labute approximate surface area is 161 Å². The number of allylic oxidation sites excluding steroid dienone is 1. The van der Waals surface area contributed by atoms with Crippen LogP contribution in [-0.2, 0) is 9.53 Å². The smallest absolute Gasteiger partial charge is 0.323 e. The zero-order valence-electron chi connectivity index (χ0n) is 16.0. The molecule has 1 aromatic rings. The van der Waals surface area contributed by atoms with E-state index in [0.717, 1.165) is 63.3 Å². The van der Waals surface area contributed by atoms with E-state index in [1.54, 1.807) is 11.3 Å². The van der Waals surface area contributed by atoms with Crippen molar-refractivity contribution in [1.29, 1.82) is 0 Å². The average Bonchev–Trinajstić information content (AvgIpc) is 3.13. The number of esters is 1. The summed E-state index contributed by atoms with van der Waals surface area (Å²) in [7, 11) is 2.16. The Morgan fingerprint density at radius 2 is 2.15 bits per heavy atom. The predicted molar refractivity (Wildman–Crippen MR) is 106 cm³/mol. The molecule has 3 heterocycles. The van der Waals surface area contributed by atoms with Gasteiger partial charge >= 0.3 is 5.97 Å². The van der Waals surface area contributed by atoms with Crippen LogP contribution in [0.25, 0.3) is 5.57 Å². The third kappa shape index (κ3) is 4.93. The molecule has 1 unspecified atom stereocenters. The van der Waals surface area contributed by atoms with Crippen LogP contribution in [0.5, 0.6) is 0 Å². The molecule has 2 aliphatic heterocycles. The van der Waals surface area contributed by atoms with Crippen molar-refractivity contribution in [2.75, 3.05) is 39.8 Å². The average molecular weight is 378 g/mol. The Bertz CT molecular complexity index is 594. The Kier molecular flexibility index (Phi) is 7.23. The monoisotopic (exact) mass is 377 g/mol. The minimum absolute atomic E-state index is 0.0256. The van der Waals surface area contributed by atoms with E-state index in [9.17, 15) is 4.79 Å². The first-order chi connectivity index (χ1) is 12.7. The minimum atomic E-state index is -0.0979. The van der Waals surface area contributed by atoms with Gasteiger partial charge in [0.15, 0.2) is 0 Å². The molecule has 2 aliphatic rings. The number of likely N-dealkylation sites (tertiary alicyclic amines) is 1. The van der Waals surface area contributed by atoms with Gasteiger partial charge in [0.1, 0.15) is 11.0 Å². The molecule has 144 valence electrons. The van der Waals surface area contributed by atoms with Crippen LogP contribution in [0.2, 0.25) is 0 Å². The van der Waals surface area contributed by atoms with Gasteiger partial charge in [-0.05, 0) is 77.2 Å². The number of nitrogens with zero attached hydrogens (tertiary/aromatic N) is 3. The van der Waals surface area contributed by atoms with Gasteiger partial charge in [-0.3, -0.25) is 9.69 Å². The van der Waals surface area contributed by atoms with Crippen molar-refractivity contribution >= 4 is 22.9 Å². The van der Waals surface area contributed by atoms with Crippen molar-refractivity contribution in [3.63, 3.8) is 0 Å². The van der Waals surface area contributed by atoms with Crippen LogP contribution in [0.4, 0.5) is 0 Å². The fourth-order valence-electron chi connectivity index (χ4n) is 4.11. The molecule has 0 aromatic carbocycles. The fourth-order valence-corrected chi connectivity index (χ4v) is 4.82. The second kappa shape index (κ2) is 9.62. The van der Waals surface area contributed by atoms with Crippen LogP contribution in [-0.4, -0.2) is 66.6 Å². The highest BCUT2D eigenvalue weighted by molar-refractivity contribution is 7.10. The van der Waals surface area contributed by atoms with Gasteiger partial charge in [0, 0.05) is 18.1 Å². The lowest BCUT2D eigenvalue weighted by Crippen LogP contribution is -2.50. The van der Waals surface area contributed by atoms with Crippen LogP contribution in [0, 0.1) is 5.92 Å². The number of aromatic nitrogens is 1. The van der Waals surface area contributed by atoms with Gasteiger partial charge in [0.05, 0.1) is 6.61 Å². The van der Waals surface area contributed by atoms with Crippen molar-refractivity contribution in [3.05, 3.63) is 22.7 Å². The third-order valence-electron chi connectivity index (χ3n) is 5.55. The molecule has 0 aliphatic carbocycles. The molecule has 6 heteroatoms. The number of ether oxygens (including phenoxy) is 1. The molecule has 1 saturated heterocycles. The molecule has 0 bridgehead atoms. The molecule has 1 atom stereocenters. The van der Waals surface area contributed by atoms with Gasteiger partial charge in [-0.2, -0.15) is 0 Å². The molecular weight excluding hydrogens is 346 g/mol. The number of carbonyl (C=O) groups is 1. The Morgan fingerprint density at radius 1 is 1.35 bits per heavy atom. The lowest BCUT2D eigenvalue weighted by atomic mass is 9.87. The van der Waals surface area contributed by atoms with Crippen LogP contribution in [0.1, 0.15) is 44.0 Å². The number of hydrogen-bond donors (Lipinski definition) is 0.